The number of hydrogen-bond acceptors (Lipinski definition) is 4. The van der Waals surface area contributed by atoms with Crippen LogP contribution in [-0.4, -0.2) is 16.1 Å². The summed E-state index contributed by atoms with van der Waals surface area (Å²) in [5, 5.41) is 8.66. The number of nitrogens with zero attached hydrogens (tertiary/aromatic N) is 1. The normalized spacial score (nSPS) is 11.1. The van der Waals surface area contributed by atoms with Crippen molar-refractivity contribution in [3.63, 3.8) is 0 Å². The minimum atomic E-state index is -0.617. The quantitative estimate of drug-likeness (QED) is 0.570. The van der Waals surface area contributed by atoms with Crippen molar-refractivity contribution in [2.75, 3.05) is 0 Å². The molecule has 0 aliphatic heterocycles. The number of carbonyl (C=O) groups is 1. The number of fused-ring (bicyclic) bond motifs is 1. The van der Waals surface area contributed by atoms with Crippen molar-refractivity contribution in [1.82, 2.24) is 10.5 Å². The zero-order valence-corrected chi connectivity index (χ0v) is 12.3. The lowest BCUT2D eigenvalue weighted by atomic mass is 10.0. The standard InChI is InChI=1S/C17H16N2O3/c1-10(2)11-3-5-12(6-4-11)15-8-14-16(22-15)7-13(9-18-14)17(20)19-21/h3-10,21H,1-2H3,(H,19,20). The fraction of sp³-hybridized carbons (Fsp3) is 0.176. The highest BCUT2D eigenvalue weighted by atomic mass is 16.5. The second-order valence-corrected chi connectivity index (χ2v) is 5.44. The van der Waals surface area contributed by atoms with E-state index in [0.29, 0.717) is 22.8 Å². The number of hydroxylamine groups is 1. The van der Waals surface area contributed by atoms with E-state index in [1.165, 1.54) is 11.8 Å². The van der Waals surface area contributed by atoms with Crippen LogP contribution in [0.2, 0.25) is 0 Å². The first-order valence-corrected chi connectivity index (χ1v) is 7.03. The van der Waals surface area contributed by atoms with Crippen molar-refractivity contribution in [2.24, 2.45) is 0 Å². The molecule has 0 saturated carbocycles. The summed E-state index contributed by atoms with van der Waals surface area (Å²) >= 11 is 0. The molecule has 1 amide bonds. The first kappa shape index (κ1) is 14.3. The fourth-order valence-corrected chi connectivity index (χ4v) is 2.28. The number of amides is 1. The number of aromatic nitrogens is 1. The molecule has 0 saturated heterocycles. The van der Waals surface area contributed by atoms with Crippen LogP contribution in [0.4, 0.5) is 0 Å². The molecule has 22 heavy (non-hydrogen) atoms. The minimum Gasteiger partial charge on any atom is -0.454 e. The molecule has 2 N–H and O–H groups in total. The molecule has 2 aromatic heterocycles. The summed E-state index contributed by atoms with van der Waals surface area (Å²) in [5.41, 5.74) is 5.21. The maximum Gasteiger partial charge on any atom is 0.276 e. The lowest BCUT2D eigenvalue weighted by molar-refractivity contribution is 0.0706. The van der Waals surface area contributed by atoms with Crippen LogP contribution in [-0.2, 0) is 0 Å². The van der Waals surface area contributed by atoms with Crippen molar-refractivity contribution in [1.29, 1.82) is 0 Å². The van der Waals surface area contributed by atoms with Crippen molar-refractivity contribution in [3.8, 4) is 11.3 Å². The third-order valence-electron chi connectivity index (χ3n) is 3.60. The highest BCUT2D eigenvalue weighted by Gasteiger charge is 2.11. The van der Waals surface area contributed by atoms with E-state index in [1.54, 1.807) is 11.5 Å². The molecule has 0 unspecified atom stereocenters. The molecule has 0 bridgehead atoms. The highest BCUT2D eigenvalue weighted by molar-refractivity contribution is 5.96. The van der Waals surface area contributed by atoms with Gasteiger partial charge < -0.3 is 4.42 Å². The number of nitrogens with one attached hydrogen (secondary N) is 1. The van der Waals surface area contributed by atoms with E-state index >= 15 is 0 Å². The van der Waals surface area contributed by atoms with E-state index < -0.39 is 5.91 Å². The number of rotatable bonds is 3. The number of furan rings is 1. The van der Waals surface area contributed by atoms with Crippen LogP contribution in [0.5, 0.6) is 0 Å². The fourth-order valence-electron chi connectivity index (χ4n) is 2.28. The summed E-state index contributed by atoms with van der Waals surface area (Å²) in [6.07, 6.45) is 1.40. The third kappa shape index (κ3) is 2.58. The van der Waals surface area contributed by atoms with Gasteiger partial charge in [0.15, 0.2) is 5.58 Å². The Morgan fingerprint density at radius 2 is 1.95 bits per heavy atom. The summed E-state index contributed by atoms with van der Waals surface area (Å²) in [6.45, 7) is 4.29. The number of carbonyl (C=O) groups excluding carboxylic acids is 1. The number of hydrogen-bond donors (Lipinski definition) is 2. The predicted octanol–water partition coefficient (Wildman–Crippen LogP) is 3.74. The van der Waals surface area contributed by atoms with Gasteiger partial charge in [-0.05, 0) is 17.5 Å². The average Bonchev–Trinajstić information content (AvgIpc) is 2.97. The highest BCUT2D eigenvalue weighted by Crippen LogP contribution is 2.28. The smallest absolute Gasteiger partial charge is 0.276 e. The lowest BCUT2D eigenvalue weighted by Crippen LogP contribution is -2.18. The molecular weight excluding hydrogens is 280 g/mol. The maximum atomic E-state index is 11.4. The van der Waals surface area contributed by atoms with Gasteiger partial charge in [0.1, 0.15) is 11.3 Å². The van der Waals surface area contributed by atoms with E-state index in [2.05, 4.69) is 31.0 Å². The number of benzene rings is 1. The van der Waals surface area contributed by atoms with Crippen LogP contribution in [0.1, 0.15) is 35.7 Å². The van der Waals surface area contributed by atoms with Crippen LogP contribution in [0, 0.1) is 0 Å². The Hall–Kier alpha value is -2.66. The van der Waals surface area contributed by atoms with E-state index in [9.17, 15) is 4.79 Å². The molecule has 5 heteroatoms. The SMILES string of the molecule is CC(C)c1ccc(-c2cc3ncc(C(=O)NO)cc3o2)cc1. The molecule has 0 aliphatic carbocycles. The van der Waals surface area contributed by atoms with Gasteiger partial charge in [-0.15, -0.1) is 0 Å². The first-order chi connectivity index (χ1) is 10.6. The monoisotopic (exact) mass is 296 g/mol. The van der Waals surface area contributed by atoms with Crippen molar-refractivity contribution in [3.05, 3.63) is 53.7 Å². The van der Waals surface area contributed by atoms with Gasteiger partial charge in [-0.2, -0.15) is 0 Å². The Balaban J connectivity index is 1.99. The van der Waals surface area contributed by atoms with Gasteiger partial charge in [-0.25, -0.2) is 5.48 Å². The second-order valence-electron chi connectivity index (χ2n) is 5.44. The van der Waals surface area contributed by atoms with Crippen LogP contribution in [0.25, 0.3) is 22.4 Å². The lowest BCUT2D eigenvalue weighted by Gasteiger charge is -2.05. The maximum absolute atomic E-state index is 11.4. The molecule has 112 valence electrons. The van der Waals surface area contributed by atoms with Crippen LogP contribution in [0.3, 0.4) is 0 Å². The molecule has 0 atom stereocenters. The van der Waals surface area contributed by atoms with E-state index in [-0.39, 0.29) is 5.56 Å². The minimum absolute atomic E-state index is 0.242. The molecule has 1 aromatic carbocycles. The van der Waals surface area contributed by atoms with Crippen molar-refractivity contribution in [2.45, 2.75) is 19.8 Å². The molecule has 2 heterocycles. The Labute approximate surface area is 127 Å². The molecule has 3 aromatic rings. The summed E-state index contributed by atoms with van der Waals surface area (Å²) in [7, 11) is 0. The van der Waals surface area contributed by atoms with E-state index in [0.717, 1.165) is 5.56 Å². The van der Waals surface area contributed by atoms with Crippen LogP contribution in [0.15, 0.2) is 47.0 Å². The molecular formula is C17H16N2O3. The summed E-state index contributed by atoms with van der Waals surface area (Å²) in [5.74, 6) is 0.555. The molecule has 3 rings (SSSR count). The van der Waals surface area contributed by atoms with Gasteiger partial charge in [0.25, 0.3) is 5.91 Å². The zero-order chi connectivity index (χ0) is 15.7. The Morgan fingerprint density at radius 3 is 2.59 bits per heavy atom. The first-order valence-electron chi connectivity index (χ1n) is 7.03. The number of pyridine rings is 1. The Kier molecular flexibility index (Phi) is 3.65. The molecule has 0 spiro atoms. The predicted molar refractivity (Wildman–Crippen MR) is 82.8 cm³/mol. The van der Waals surface area contributed by atoms with E-state index in [4.69, 9.17) is 9.62 Å². The van der Waals surface area contributed by atoms with Crippen molar-refractivity contribution < 1.29 is 14.4 Å². The van der Waals surface area contributed by atoms with Crippen LogP contribution < -0.4 is 5.48 Å². The van der Waals surface area contributed by atoms with Crippen LogP contribution >= 0.6 is 0 Å². The summed E-state index contributed by atoms with van der Waals surface area (Å²) < 4.78 is 5.77. The molecule has 0 radical (unpaired) electrons. The zero-order valence-electron chi connectivity index (χ0n) is 12.3. The van der Waals surface area contributed by atoms with Gasteiger partial charge in [0, 0.05) is 17.8 Å². The Bertz CT molecular complexity index is 820. The second kappa shape index (κ2) is 5.61. The third-order valence-corrected chi connectivity index (χ3v) is 3.60. The topological polar surface area (TPSA) is 75.4 Å². The molecule has 0 fully saturated rings. The van der Waals surface area contributed by atoms with Gasteiger partial charge in [0.05, 0.1) is 5.56 Å². The average molecular weight is 296 g/mol. The van der Waals surface area contributed by atoms with E-state index in [1.807, 2.05) is 18.2 Å². The van der Waals surface area contributed by atoms with Crippen molar-refractivity contribution >= 4 is 17.0 Å². The largest absolute Gasteiger partial charge is 0.454 e. The molecule has 5 nitrogen and oxygen atoms in total. The van der Waals surface area contributed by atoms with Gasteiger partial charge in [-0.1, -0.05) is 38.1 Å². The summed E-state index contributed by atoms with van der Waals surface area (Å²) in [6, 6.07) is 11.6. The molecule has 0 aliphatic rings. The van der Waals surface area contributed by atoms with Gasteiger partial charge in [-0.3, -0.25) is 15.0 Å². The van der Waals surface area contributed by atoms with Gasteiger partial charge >= 0.3 is 0 Å². The summed E-state index contributed by atoms with van der Waals surface area (Å²) in [4.78, 5) is 15.6. The van der Waals surface area contributed by atoms with Gasteiger partial charge in [0.2, 0.25) is 0 Å². The Morgan fingerprint density at radius 1 is 1.23 bits per heavy atom.